The first-order valence-electron chi connectivity index (χ1n) is 10.4. The highest BCUT2D eigenvalue weighted by molar-refractivity contribution is 9.39. The van der Waals surface area contributed by atoms with E-state index in [0.29, 0.717) is 6.61 Å². The van der Waals surface area contributed by atoms with Gasteiger partial charge in [-0.3, -0.25) is 0 Å². The Kier molecular flexibility index (Phi) is 9.74. The van der Waals surface area contributed by atoms with Crippen LogP contribution in [0.4, 0.5) is 0 Å². The van der Waals surface area contributed by atoms with Gasteiger partial charge in [0.25, 0.3) is 5.72 Å². The van der Waals surface area contributed by atoms with Crippen LogP contribution in [-0.4, -0.2) is 24.0 Å². The molecule has 10 heteroatoms. The summed E-state index contributed by atoms with van der Waals surface area (Å²) in [5.41, 5.74) is -1.19. The van der Waals surface area contributed by atoms with Crippen LogP contribution in [0.2, 0.25) is 0 Å². The molecule has 2 aromatic carbocycles. The molecule has 2 atom stereocenters. The van der Waals surface area contributed by atoms with Crippen LogP contribution >= 0.6 is 82.6 Å². The van der Waals surface area contributed by atoms with Gasteiger partial charge in [0.05, 0.1) is 6.61 Å². The molecule has 0 bridgehead atoms. The average molecular weight is 717 g/mol. The fourth-order valence-electron chi connectivity index (χ4n) is 3.01. The number of ether oxygens (including phenoxy) is 2. The van der Waals surface area contributed by atoms with Crippen LogP contribution < -0.4 is 4.74 Å². The minimum Gasteiger partial charge on any atom is -0.494 e. The molecule has 2 unspecified atom stereocenters. The van der Waals surface area contributed by atoms with Gasteiger partial charge in [0, 0.05) is 0 Å². The molecule has 1 heterocycles. The van der Waals surface area contributed by atoms with Crippen LogP contribution in [0.3, 0.4) is 0 Å². The lowest BCUT2D eigenvalue weighted by molar-refractivity contribution is -0.0562. The van der Waals surface area contributed by atoms with Gasteiger partial charge in [-0.15, -0.1) is 10.2 Å². The van der Waals surface area contributed by atoms with E-state index < -0.39 is 17.4 Å². The molecule has 0 aliphatic carbocycles. The molecule has 0 saturated heterocycles. The summed E-state index contributed by atoms with van der Waals surface area (Å²) in [5, 5.41) is 8.70. The number of hydrogen-bond acceptors (Lipinski definition) is 4. The van der Waals surface area contributed by atoms with Crippen molar-refractivity contribution in [1.29, 1.82) is 0 Å². The predicted molar refractivity (Wildman–Crippen MR) is 153 cm³/mol. The monoisotopic (exact) mass is 712 g/mol. The Labute approximate surface area is 240 Å². The summed E-state index contributed by atoms with van der Waals surface area (Å²) in [4.78, 5) is 0. The molecule has 182 valence electrons. The number of rotatable bonds is 8. The quantitative estimate of drug-likeness (QED) is 0.202. The fraction of sp³-hybridized carbons (Fsp3) is 0.333. The molecule has 4 nitrogen and oxygen atoms in total. The lowest BCUT2D eigenvalue weighted by Crippen LogP contribution is -2.54. The molecule has 2 aromatic rings. The Balaban J connectivity index is 1.93. The number of unbranched alkanes of at least 4 members (excludes halogenated alkanes) is 1. The Bertz CT molecular complexity index is 1020. The van der Waals surface area contributed by atoms with Crippen molar-refractivity contribution >= 4 is 94.7 Å². The molecular weight excluding hydrogens is 694 g/mol. The standard InChI is InChI=1S/C24H22Br3Cl3N2O2/c1-2-3-17-33-20-11-9-19(10-12-20)14-16-21(15-13-18-7-5-4-6-8-18)31-32-22(34-21,23(25,26)27)24(28,29)30/h4-16H,2-3,17H2,1H3. The second kappa shape index (κ2) is 11.8. The first-order valence-corrected chi connectivity index (χ1v) is 14.0. The van der Waals surface area contributed by atoms with E-state index in [4.69, 9.17) is 44.3 Å². The number of azo groups is 1. The summed E-state index contributed by atoms with van der Waals surface area (Å²) in [6, 6.07) is 17.5. The van der Waals surface area contributed by atoms with Crippen molar-refractivity contribution in [3.63, 3.8) is 0 Å². The van der Waals surface area contributed by atoms with Crippen LogP contribution in [0.1, 0.15) is 30.9 Å². The van der Waals surface area contributed by atoms with Crippen molar-refractivity contribution in [3.8, 4) is 5.75 Å². The predicted octanol–water partition coefficient (Wildman–Crippen LogP) is 9.68. The first kappa shape index (κ1) is 28.2. The normalized spacial score (nSPS) is 23.3. The zero-order chi connectivity index (χ0) is 24.9. The highest BCUT2D eigenvalue weighted by atomic mass is 80.0. The molecule has 3 rings (SSSR count). The van der Waals surface area contributed by atoms with Crippen LogP contribution in [0.5, 0.6) is 5.75 Å². The van der Waals surface area contributed by atoms with E-state index >= 15 is 0 Å². The molecule has 1 aliphatic rings. The van der Waals surface area contributed by atoms with E-state index in [0.717, 1.165) is 29.7 Å². The number of nitrogens with zero attached hydrogens (tertiary/aromatic N) is 2. The van der Waals surface area contributed by atoms with E-state index in [2.05, 4.69) is 64.9 Å². The van der Waals surface area contributed by atoms with Gasteiger partial charge in [-0.05, 0) is 41.8 Å². The maximum absolute atomic E-state index is 6.33. The summed E-state index contributed by atoms with van der Waals surface area (Å²) in [5.74, 6) is 0.818. The van der Waals surface area contributed by atoms with Crippen molar-refractivity contribution < 1.29 is 9.47 Å². The highest BCUT2D eigenvalue weighted by Gasteiger charge is 2.67. The molecule has 34 heavy (non-hydrogen) atoms. The third-order valence-corrected chi connectivity index (χ3v) is 7.28. The second-order valence-corrected chi connectivity index (χ2v) is 16.6. The van der Waals surface area contributed by atoms with Crippen LogP contribution in [0, 0.1) is 0 Å². The molecule has 0 N–H and O–H groups in total. The molecule has 1 aliphatic heterocycles. The second-order valence-electron chi connectivity index (χ2n) is 7.54. The van der Waals surface area contributed by atoms with Crippen molar-refractivity contribution in [2.75, 3.05) is 6.61 Å². The Morgan fingerprint density at radius 1 is 0.912 bits per heavy atom. The van der Waals surface area contributed by atoms with E-state index in [1.807, 2.05) is 66.7 Å². The number of benzene rings is 2. The van der Waals surface area contributed by atoms with E-state index in [9.17, 15) is 0 Å². The molecule has 0 aromatic heterocycles. The van der Waals surface area contributed by atoms with Crippen molar-refractivity contribution in [2.24, 2.45) is 10.2 Å². The Morgan fingerprint density at radius 3 is 2.00 bits per heavy atom. The Morgan fingerprint density at radius 2 is 1.50 bits per heavy atom. The Hall–Kier alpha value is -0.410. The zero-order valence-electron chi connectivity index (χ0n) is 18.1. The maximum atomic E-state index is 6.33. The molecule has 0 amide bonds. The van der Waals surface area contributed by atoms with E-state index in [1.54, 1.807) is 12.2 Å². The summed E-state index contributed by atoms with van der Waals surface area (Å²) in [6.07, 6.45) is 9.38. The van der Waals surface area contributed by atoms with Gasteiger partial charge in [0.2, 0.25) is 9.52 Å². The van der Waals surface area contributed by atoms with Gasteiger partial charge in [-0.25, -0.2) is 0 Å². The van der Waals surface area contributed by atoms with E-state index in [1.165, 1.54) is 0 Å². The smallest absolute Gasteiger partial charge is 0.264 e. The third-order valence-electron chi connectivity index (χ3n) is 4.90. The summed E-state index contributed by atoms with van der Waals surface area (Å²) < 4.78 is 8.89. The molecule has 0 radical (unpaired) electrons. The average Bonchev–Trinajstić information content (AvgIpc) is 3.20. The minimum atomic E-state index is -1.97. The van der Waals surface area contributed by atoms with Gasteiger partial charge in [-0.2, -0.15) is 0 Å². The lowest BCUT2D eigenvalue weighted by Gasteiger charge is -2.39. The topological polar surface area (TPSA) is 43.2 Å². The van der Waals surface area contributed by atoms with Gasteiger partial charge in [-0.1, -0.05) is 151 Å². The van der Waals surface area contributed by atoms with Crippen molar-refractivity contribution in [1.82, 2.24) is 0 Å². The molecule has 0 fully saturated rings. The molecular formula is C24H22Br3Cl3N2O2. The number of alkyl halides is 6. The summed E-state index contributed by atoms with van der Waals surface area (Å²) in [6.45, 7) is 2.82. The van der Waals surface area contributed by atoms with Crippen LogP contribution in [0.15, 0.2) is 77.0 Å². The fourth-order valence-corrected chi connectivity index (χ4v) is 6.07. The van der Waals surface area contributed by atoms with Crippen molar-refractivity contribution in [2.45, 2.75) is 37.2 Å². The lowest BCUT2D eigenvalue weighted by atomic mass is 10.1. The molecule has 0 saturated carbocycles. The van der Waals surface area contributed by atoms with Gasteiger partial charge in [0.1, 0.15) is 5.75 Å². The van der Waals surface area contributed by atoms with Crippen LogP contribution in [0.25, 0.3) is 12.2 Å². The van der Waals surface area contributed by atoms with Crippen molar-refractivity contribution in [3.05, 3.63) is 77.9 Å². The first-order chi connectivity index (χ1) is 16.0. The zero-order valence-corrected chi connectivity index (χ0v) is 25.1. The molecule has 0 spiro atoms. The SMILES string of the molecule is CCCCOc1ccc(C=CC2(C=Cc3ccccc3)N=NC(C(Cl)(Cl)Cl)(C(Br)(Br)Br)O2)cc1. The third kappa shape index (κ3) is 6.87. The largest absolute Gasteiger partial charge is 0.494 e. The maximum Gasteiger partial charge on any atom is 0.264 e. The minimum absolute atomic E-state index is 0.694. The highest BCUT2D eigenvalue weighted by Crippen LogP contribution is 2.61. The van der Waals surface area contributed by atoms with E-state index in [-0.39, 0.29) is 0 Å². The number of halogens is 6. The van der Waals surface area contributed by atoms with Crippen LogP contribution in [-0.2, 0) is 4.74 Å². The van der Waals surface area contributed by atoms with Gasteiger partial charge < -0.3 is 9.47 Å². The summed E-state index contributed by atoms with van der Waals surface area (Å²) >= 11 is 29.2. The summed E-state index contributed by atoms with van der Waals surface area (Å²) in [7, 11) is 0. The van der Waals surface area contributed by atoms with Gasteiger partial charge >= 0.3 is 0 Å². The van der Waals surface area contributed by atoms with Gasteiger partial charge in [0.15, 0.2) is 2.14 Å². The number of hydrogen-bond donors (Lipinski definition) is 0.